The van der Waals surface area contributed by atoms with Crippen LogP contribution in [0.5, 0.6) is 5.75 Å². The van der Waals surface area contributed by atoms with E-state index in [0.717, 1.165) is 89.7 Å². The lowest BCUT2D eigenvalue weighted by molar-refractivity contribution is -0.151. The first-order valence-electron chi connectivity index (χ1n) is 27.7. The highest BCUT2D eigenvalue weighted by atomic mass is 32.1. The number of ether oxygens (including phenoxy) is 2. The van der Waals surface area contributed by atoms with Crippen LogP contribution in [0.1, 0.15) is 153 Å². The van der Waals surface area contributed by atoms with Crippen molar-refractivity contribution in [1.29, 1.82) is 0 Å². The van der Waals surface area contributed by atoms with Gasteiger partial charge in [0.15, 0.2) is 0 Å². The van der Waals surface area contributed by atoms with Gasteiger partial charge in [-0.1, -0.05) is 102 Å². The van der Waals surface area contributed by atoms with E-state index in [1.54, 1.807) is 11.3 Å². The fourth-order valence-electron chi connectivity index (χ4n) is 11.3. The SMILES string of the molecule is Cc1ncsc1-c1ccc(CNC(=O)[C@@H]2C[C@@H](OC(=O)[C@@H]3CCCN3)CN2C(=O)[C@@H](NC(=O)CCCCCCCCCCOc2cc(F)c([C@@H]3c4[nH]c5ccccc5c4C[C@@H](C)N3CC(C)(C)F)c(F)c2)C(C)(C)C)cc1. The number of fused-ring (bicyclic) bond motifs is 3. The van der Waals surface area contributed by atoms with Crippen molar-refractivity contribution < 1.29 is 41.8 Å². The van der Waals surface area contributed by atoms with Crippen molar-refractivity contribution in [3.05, 3.63) is 106 Å². The number of hydrogen-bond donors (Lipinski definition) is 4. The Hall–Kier alpha value is -5.78. The number of nitrogens with one attached hydrogen (secondary N) is 4. The van der Waals surface area contributed by atoms with E-state index < -0.39 is 58.9 Å². The number of para-hydroxylation sites is 1. The molecule has 416 valence electrons. The largest absolute Gasteiger partial charge is 0.493 e. The van der Waals surface area contributed by atoms with Crippen molar-refractivity contribution >= 4 is 45.9 Å². The number of carbonyl (C=O) groups excluding carboxylic acids is 4. The molecule has 0 spiro atoms. The minimum Gasteiger partial charge on any atom is -0.493 e. The number of unbranched alkanes of at least 4 members (excludes halogenated alkanes) is 7. The number of nitrogens with zero attached hydrogens (tertiary/aromatic N) is 3. The zero-order valence-corrected chi connectivity index (χ0v) is 46.7. The van der Waals surface area contributed by atoms with E-state index in [9.17, 15) is 19.2 Å². The van der Waals surface area contributed by atoms with Gasteiger partial charge in [-0.25, -0.2) is 18.2 Å². The highest BCUT2D eigenvalue weighted by molar-refractivity contribution is 7.13. The van der Waals surface area contributed by atoms with Crippen molar-refractivity contribution in [2.24, 2.45) is 5.41 Å². The van der Waals surface area contributed by atoms with Crippen LogP contribution in [0.3, 0.4) is 0 Å². The van der Waals surface area contributed by atoms with Crippen molar-refractivity contribution in [3.63, 3.8) is 0 Å². The first kappa shape index (κ1) is 57.4. The number of thiazole rings is 1. The highest BCUT2D eigenvalue weighted by Gasteiger charge is 2.47. The van der Waals surface area contributed by atoms with Gasteiger partial charge in [-0.3, -0.25) is 24.1 Å². The number of carbonyl (C=O) groups is 4. The summed E-state index contributed by atoms with van der Waals surface area (Å²) >= 11 is 1.57. The van der Waals surface area contributed by atoms with Gasteiger partial charge in [-0.05, 0) is 94.5 Å². The van der Waals surface area contributed by atoms with Crippen LogP contribution in [0.4, 0.5) is 13.2 Å². The predicted molar refractivity (Wildman–Crippen MR) is 295 cm³/mol. The van der Waals surface area contributed by atoms with Gasteiger partial charge in [0.1, 0.15) is 47.3 Å². The molecule has 5 aromatic rings. The van der Waals surface area contributed by atoms with Gasteiger partial charge >= 0.3 is 5.97 Å². The molecule has 17 heteroatoms. The number of rotatable bonds is 23. The Bertz CT molecular complexity index is 2810. The standard InChI is InChI=1S/C60H78F3N7O6S/c1-37-29-44-43-19-15-16-20-47(43)67-52(44)53(70(37)35-60(6,7)63)51-45(61)30-41(31-46(51)62)75-28-17-13-11-9-8-10-12-14-22-50(71)68-55(59(3,4)5)57(73)69-34-42(76-58(74)48-21-18-27-64-48)32-49(69)56(72)65-33-39-23-25-40(26-24-39)54-38(2)66-36-77-54/h15-16,19-20,23-26,30-31,36-37,42,48-49,53,55,64,67H,8-14,17-18,21-22,27-29,32-35H2,1-7H3,(H,65,72)(H,68,71)/t37-,42-,48+,49+,53-,55-/m1/s1. The molecule has 0 aliphatic carbocycles. The Morgan fingerprint density at radius 1 is 0.922 bits per heavy atom. The number of aromatic amines is 1. The van der Waals surface area contributed by atoms with Crippen LogP contribution in [-0.2, 0) is 36.9 Å². The molecule has 8 rings (SSSR count). The molecule has 13 nitrogen and oxygen atoms in total. The first-order chi connectivity index (χ1) is 36.8. The molecule has 3 aliphatic heterocycles. The number of benzene rings is 3. The third kappa shape index (κ3) is 14.5. The van der Waals surface area contributed by atoms with E-state index in [1.165, 1.54) is 30.9 Å². The average molecular weight is 1080 g/mol. The molecule has 3 aliphatic rings. The molecular formula is C60H78F3N7O6S. The smallest absolute Gasteiger partial charge is 0.323 e. The van der Waals surface area contributed by atoms with Crippen LogP contribution >= 0.6 is 11.3 Å². The van der Waals surface area contributed by atoms with Crippen LogP contribution in [0.25, 0.3) is 21.3 Å². The molecular weight excluding hydrogens is 1000 g/mol. The van der Waals surface area contributed by atoms with Crippen molar-refractivity contribution in [2.45, 2.75) is 180 Å². The molecule has 3 aromatic carbocycles. The number of alkyl halides is 1. The van der Waals surface area contributed by atoms with E-state index >= 15 is 13.2 Å². The second-order valence-electron chi connectivity index (χ2n) is 23.1. The Morgan fingerprint density at radius 2 is 1.61 bits per heavy atom. The number of aryl methyl sites for hydroxylation is 1. The molecule has 6 atom stereocenters. The van der Waals surface area contributed by atoms with Gasteiger partial charge in [0.25, 0.3) is 0 Å². The van der Waals surface area contributed by atoms with Gasteiger partial charge in [0.05, 0.1) is 35.3 Å². The summed E-state index contributed by atoms with van der Waals surface area (Å²) in [6, 6.07) is 15.0. The lowest BCUT2D eigenvalue weighted by atomic mass is 9.85. The maximum absolute atomic E-state index is 16.1. The minimum atomic E-state index is -1.59. The molecule has 0 radical (unpaired) electrons. The molecule has 0 bridgehead atoms. The number of H-pyrrole nitrogens is 1. The molecule has 2 saturated heterocycles. The quantitative estimate of drug-likeness (QED) is 0.0369. The number of amides is 3. The van der Waals surface area contributed by atoms with Gasteiger partial charge in [-0.15, -0.1) is 11.3 Å². The van der Waals surface area contributed by atoms with Crippen molar-refractivity contribution in [3.8, 4) is 16.2 Å². The molecule has 77 heavy (non-hydrogen) atoms. The van der Waals surface area contributed by atoms with Crippen LogP contribution in [0.15, 0.2) is 66.2 Å². The predicted octanol–water partition coefficient (Wildman–Crippen LogP) is 11.0. The number of hydrogen-bond acceptors (Lipinski definition) is 10. The Balaban J connectivity index is 0.770. The summed E-state index contributed by atoms with van der Waals surface area (Å²) < 4.78 is 59.2. The fourth-order valence-corrected chi connectivity index (χ4v) is 12.1. The number of halogens is 3. The Labute approximate surface area is 455 Å². The summed E-state index contributed by atoms with van der Waals surface area (Å²) in [5.74, 6) is -2.72. The monoisotopic (exact) mass is 1080 g/mol. The van der Waals surface area contributed by atoms with E-state index in [-0.39, 0.29) is 67.6 Å². The average Bonchev–Trinajstić information content (AvgIpc) is 4.39. The number of esters is 1. The van der Waals surface area contributed by atoms with Crippen molar-refractivity contribution in [2.75, 3.05) is 26.2 Å². The molecule has 2 aromatic heterocycles. The zero-order valence-electron chi connectivity index (χ0n) is 45.9. The van der Waals surface area contributed by atoms with Crippen molar-refractivity contribution in [1.82, 2.24) is 35.7 Å². The van der Waals surface area contributed by atoms with Gasteiger partial charge in [0, 0.05) is 66.3 Å². The molecule has 5 heterocycles. The van der Waals surface area contributed by atoms with Gasteiger partial charge < -0.3 is 35.3 Å². The second-order valence-corrected chi connectivity index (χ2v) is 24.0. The molecule has 4 N–H and O–H groups in total. The fraction of sp³-hybridized carbons (Fsp3) is 0.550. The molecule has 2 fully saturated rings. The Kier molecular flexibility index (Phi) is 18.9. The van der Waals surface area contributed by atoms with Crippen LogP contribution < -0.4 is 20.7 Å². The first-order valence-corrected chi connectivity index (χ1v) is 28.6. The maximum atomic E-state index is 16.1. The Morgan fingerprint density at radius 3 is 2.26 bits per heavy atom. The summed E-state index contributed by atoms with van der Waals surface area (Å²) in [6.45, 7) is 13.9. The third-order valence-corrected chi connectivity index (χ3v) is 16.3. The minimum absolute atomic E-state index is 0.00397. The second kappa shape index (κ2) is 25.3. The normalized spacial score (nSPS) is 20.3. The lowest BCUT2D eigenvalue weighted by Crippen LogP contribution is -2.57. The summed E-state index contributed by atoms with van der Waals surface area (Å²) in [5, 5.41) is 10.2. The maximum Gasteiger partial charge on any atom is 0.323 e. The van der Waals surface area contributed by atoms with E-state index in [4.69, 9.17) is 9.47 Å². The highest BCUT2D eigenvalue weighted by Crippen LogP contribution is 2.44. The summed E-state index contributed by atoms with van der Waals surface area (Å²) in [4.78, 5) is 67.2. The van der Waals surface area contributed by atoms with Gasteiger partial charge in [-0.2, -0.15) is 0 Å². The van der Waals surface area contributed by atoms with Crippen LogP contribution in [-0.4, -0.2) is 106 Å². The number of likely N-dealkylation sites (tertiary alicyclic amines) is 1. The summed E-state index contributed by atoms with van der Waals surface area (Å²) in [5.41, 5.74) is 4.87. The molecule has 0 saturated carbocycles. The number of aromatic nitrogens is 2. The molecule has 0 unspecified atom stereocenters. The van der Waals surface area contributed by atoms with Crippen LogP contribution in [0, 0.1) is 24.0 Å². The lowest BCUT2D eigenvalue weighted by Gasteiger charge is -2.43. The third-order valence-electron chi connectivity index (χ3n) is 15.3. The zero-order chi connectivity index (χ0) is 55.0. The van der Waals surface area contributed by atoms with E-state index in [2.05, 4.69) is 25.9 Å². The van der Waals surface area contributed by atoms with Crippen LogP contribution in [0.2, 0.25) is 0 Å². The molecule has 3 amide bonds. The van der Waals surface area contributed by atoms with Gasteiger partial charge in [0.2, 0.25) is 17.7 Å². The van der Waals surface area contributed by atoms with E-state index in [0.29, 0.717) is 38.0 Å². The summed E-state index contributed by atoms with van der Waals surface area (Å²) in [7, 11) is 0. The summed E-state index contributed by atoms with van der Waals surface area (Å²) in [6.07, 6.45) is 8.83. The van der Waals surface area contributed by atoms with E-state index in [1.807, 2.05) is 93.6 Å². The topological polar surface area (TPSA) is 158 Å².